The summed E-state index contributed by atoms with van der Waals surface area (Å²) in [5.41, 5.74) is 0.356. The van der Waals surface area contributed by atoms with Crippen molar-refractivity contribution in [2.45, 2.75) is 31.0 Å². The molecule has 0 saturated carbocycles. The van der Waals surface area contributed by atoms with Gasteiger partial charge in [0.15, 0.2) is 6.29 Å². The lowest BCUT2D eigenvalue weighted by Crippen LogP contribution is -2.50. The molecule has 0 spiro atoms. The first-order valence-corrected chi connectivity index (χ1v) is 8.00. The molecule has 0 aliphatic carbocycles. The number of halogens is 1. The van der Waals surface area contributed by atoms with E-state index in [1.165, 1.54) is 7.11 Å². The van der Waals surface area contributed by atoms with Gasteiger partial charge in [-0.1, -0.05) is 22.6 Å². The third-order valence-electron chi connectivity index (χ3n) is 3.26. The van der Waals surface area contributed by atoms with E-state index in [0.717, 1.165) is 0 Å². The minimum atomic E-state index is -1.04. The topological polar surface area (TPSA) is 85.2 Å². The number of rotatable bonds is 4. The molecule has 1 aliphatic rings. The van der Waals surface area contributed by atoms with E-state index in [1.54, 1.807) is 24.3 Å². The summed E-state index contributed by atoms with van der Waals surface area (Å²) >= 11 is 2.04. The quantitative estimate of drug-likeness (QED) is 0.442. The Morgan fingerprint density at radius 3 is 2.62 bits per heavy atom. The van der Waals surface area contributed by atoms with Crippen LogP contribution in [0.25, 0.3) is 0 Å². The molecule has 1 aromatic carbocycles. The number of aliphatic hydroxyl groups excluding tert-OH is 2. The van der Waals surface area contributed by atoms with Crippen molar-refractivity contribution in [1.29, 1.82) is 0 Å². The van der Waals surface area contributed by atoms with E-state index in [1.807, 2.05) is 22.6 Å². The van der Waals surface area contributed by atoms with Crippen LogP contribution in [0.2, 0.25) is 0 Å². The Morgan fingerprint density at radius 2 is 2.05 bits per heavy atom. The Kier molecular flexibility index (Phi) is 5.80. The summed E-state index contributed by atoms with van der Waals surface area (Å²) < 4.78 is 16.0. The molecule has 1 aliphatic heterocycles. The van der Waals surface area contributed by atoms with E-state index in [-0.39, 0.29) is 6.42 Å². The van der Waals surface area contributed by atoms with Crippen LogP contribution >= 0.6 is 22.6 Å². The average Bonchev–Trinajstić information content (AvgIpc) is 2.50. The molecule has 2 rings (SSSR count). The van der Waals surface area contributed by atoms with Crippen molar-refractivity contribution < 1.29 is 29.2 Å². The summed E-state index contributed by atoms with van der Waals surface area (Å²) in [6.07, 6.45) is -3.28. The van der Waals surface area contributed by atoms with Crippen LogP contribution in [-0.2, 0) is 9.47 Å². The maximum atomic E-state index is 12.1. The second-order valence-corrected chi connectivity index (χ2v) is 5.56. The van der Waals surface area contributed by atoms with Crippen LogP contribution in [0.4, 0.5) is 0 Å². The van der Waals surface area contributed by atoms with E-state index in [9.17, 15) is 15.0 Å². The van der Waals surface area contributed by atoms with E-state index in [0.29, 0.717) is 15.7 Å². The van der Waals surface area contributed by atoms with Gasteiger partial charge in [0.05, 0.1) is 18.8 Å². The fourth-order valence-corrected chi connectivity index (χ4v) is 2.82. The first-order valence-electron chi connectivity index (χ1n) is 6.47. The summed E-state index contributed by atoms with van der Waals surface area (Å²) in [6, 6.07) is 6.47. The summed E-state index contributed by atoms with van der Waals surface area (Å²) in [5, 5.41) is 19.7. The van der Waals surface area contributed by atoms with E-state index in [2.05, 4.69) is 0 Å². The summed E-state index contributed by atoms with van der Waals surface area (Å²) in [6.45, 7) is 0. The normalized spacial score (nSPS) is 29.0. The molecule has 1 saturated heterocycles. The highest BCUT2D eigenvalue weighted by Gasteiger charge is 2.38. The predicted octanol–water partition coefficient (Wildman–Crippen LogP) is 1.12. The molecule has 0 unspecified atom stereocenters. The van der Waals surface area contributed by atoms with E-state index in [4.69, 9.17) is 14.2 Å². The fourth-order valence-electron chi connectivity index (χ4n) is 2.09. The van der Waals surface area contributed by atoms with Gasteiger partial charge >= 0.3 is 5.97 Å². The largest absolute Gasteiger partial charge is 0.497 e. The van der Waals surface area contributed by atoms with Crippen molar-refractivity contribution >= 4 is 28.6 Å². The van der Waals surface area contributed by atoms with Crippen LogP contribution in [0.3, 0.4) is 0 Å². The zero-order valence-corrected chi connectivity index (χ0v) is 13.6. The summed E-state index contributed by atoms with van der Waals surface area (Å²) in [4.78, 5) is 12.1. The van der Waals surface area contributed by atoms with Gasteiger partial charge in [0.25, 0.3) is 0 Å². The van der Waals surface area contributed by atoms with Crippen molar-refractivity contribution in [3.8, 4) is 5.75 Å². The molecular weight excluding hydrogens is 391 g/mol. The van der Waals surface area contributed by atoms with Crippen LogP contribution in [0.1, 0.15) is 16.8 Å². The molecule has 7 heteroatoms. The standard InChI is InChI=1S/C14H17IO6/c1-19-9-4-2-8(3-5-9)14(18)21-10-6-12(16)20-11(7-15)13(10)17/h2-5,10-13,16-17H,6-7H2,1H3/t10-,11+,12-,13-/m0/s1. The van der Waals surface area contributed by atoms with E-state index < -0.39 is 30.6 Å². The van der Waals surface area contributed by atoms with E-state index >= 15 is 0 Å². The highest BCUT2D eigenvalue weighted by Crippen LogP contribution is 2.24. The molecule has 0 amide bonds. The maximum absolute atomic E-state index is 12.1. The minimum Gasteiger partial charge on any atom is -0.497 e. The van der Waals surface area contributed by atoms with Crippen LogP contribution in [0.15, 0.2) is 24.3 Å². The first kappa shape index (κ1) is 16.5. The Hall–Kier alpha value is -0.900. The Morgan fingerprint density at radius 1 is 1.38 bits per heavy atom. The number of carbonyl (C=O) groups is 1. The van der Waals surface area contributed by atoms with Gasteiger partial charge in [0.1, 0.15) is 18.0 Å². The van der Waals surface area contributed by atoms with Crippen molar-refractivity contribution in [2.24, 2.45) is 0 Å². The van der Waals surface area contributed by atoms with Crippen molar-refractivity contribution in [2.75, 3.05) is 11.5 Å². The molecule has 0 aromatic heterocycles. The Balaban J connectivity index is 2.03. The second-order valence-electron chi connectivity index (χ2n) is 4.68. The zero-order chi connectivity index (χ0) is 15.4. The molecule has 0 bridgehead atoms. The number of esters is 1. The lowest BCUT2D eigenvalue weighted by molar-refractivity contribution is -0.224. The molecule has 1 fully saturated rings. The smallest absolute Gasteiger partial charge is 0.338 e. The van der Waals surface area contributed by atoms with Crippen LogP contribution < -0.4 is 4.74 Å². The number of ether oxygens (including phenoxy) is 3. The van der Waals surface area contributed by atoms with Gasteiger partial charge in [-0.2, -0.15) is 0 Å². The molecule has 1 heterocycles. The monoisotopic (exact) mass is 408 g/mol. The molecular formula is C14H17IO6. The minimum absolute atomic E-state index is 0.0518. The second kappa shape index (κ2) is 7.39. The molecule has 21 heavy (non-hydrogen) atoms. The number of benzene rings is 1. The Labute approximate surface area is 136 Å². The highest BCUT2D eigenvalue weighted by molar-refractivity contribution is 14.1. The van der Waals surface area contributed by atoms with Gasteiger partial charge in [-0.3, -0.25) is 0 Å². The van der Waals surface area contributed by atoms with Gasteiger partial charge in [-0.05, 0) is 24.3 Å². The van der Waals surface area contributed by atoms with Crippen molar-refractivity contribution in [3.05, 3.63) is 29.8 Å². The predicted molar refractivity (Wildman–Crippen MR) is 82.6 cm³/mol. The molecule has 4 atom stereocenters. The number of hydrogen-bond acceptors (Lipinski definition) is 6. The third-order valence-corrected chi connectivity index (χ3v) is 4.13. The van der Waals surface area contributed by atoms with Crippen LogP contribution in [-0.4, -0.2) is 52.3 Å². The summed E-state index contributed by atoms with van der Waals surface area (Å²) in [5.74, 6) is 0.0843. The number of hydrogen-bond donors (Lipinski definition) is 2. The van der Waals surface area contributed by atoms with Gasteiger partial charge in [0.2, 0.25) is 0 Å². The molecule has 2 N–H and O–H groups in total. The average molecular weight is 408 g/mol. The molecule has 1 aromatic rings. The zero-order valence-electron chi connectivity index (χ0n) is 11.4. The molecule has 6 nitrogen and oxygen atoms in total. The van der Waals surface area contributed by atoms with Crippen molar-refractivity contribution in [3.63, 3.8) is 0 Å². The SMILES string of the molecule is COc1ccc(C(=O)O[C@H]2C[C@@H](O)O[C@H](CI)[C@H]2O)cc1. The van der Waals surface area contributed by atoms with Crippen molar-refractivity contribution in [1.82, 2.24) is 0 Å². The van der Waals surface area contributed by atoms with Crippen LogP contribution in [0, 0.1) is 0 Å². The number of carbonyl (C=O) groups excluding carboxylic acids is 1. The lowest BCUT2D eigenvalue weighted by atomic mass is 10.0. The van der Waals surface area contributed by atoms with Gasteiger partial charge < -0.3 is 24.4 Å². The van der Waals surface area contributed by atoms with Crippen LogP contribution in [0.5, 0.6) is 5.75 Å². The highest BCUT2D eigenvalue weighted by atomic mass is 127. The third kappa shape index (κ3) is 4.06. The fraction of sp³-hybridized carbons (Fsp3) is 0.500. The molecule has 0 radical (unpaired) electrons. The van der Waals surface area contributed by atoms with Gasteiger partial charge in [-0.15, -0.1) is 0 Å². The summed E-state index contributed by atoms with van der Waals surface area (Å²) in [7, 11) is 1.54. The number of methoxy groups -OCH3 is 1. The maximum Gasteiger partial charge on any atom is 0.338 e. The number of alkyl halides is 1. The van der Waals surface area contributed by atoms with Gasteiger partial charge in [0, 0.05) is 10.8 Å². The lowest BCUT2D eigenvalue weighted by Gasteiger charge is -2.36. The Bertz CT molecular complexity index is 477. The number of aliphatic hydroxyl groups is 2. The first-order chi connectivity index (χ1) is 10.0. The molecule has 116 valence electrons. The van der Waals surface area contributed by atoms with Gasteiger partial charge in [-0.25, -0.2) is 4.79 Å².